The summed E-state index contributed by atoms with van der Waals surface area (Å²) in [5.41, 5.74) is 1.50. The summed E-state index contributed by atoms with van der Waals surface area (Å²) in [6.45, 7) is 0.920. The Morgan fingerprint density at radius 3 is 2.70 bits per heavy atom. The van der Waals surface area contributed by atoms with Crippen LogP contribution in [0, 0.1) is 0 Å². The lowest BCUT2D eigenvalue weighted by atomic mass is 9.90. The van der Waals surface area contributed by atoms with Crippen molar-refractivity contribution in [2.45, 2.75) is 12.0 Å². The van der Waals surface area contributed by atoms with Crippen molar-refractivity contribution >= 4 is 23.2 Å². The van der Waals surface area contributed by atoms with Crippen LogP contribution < -0.4 is 5.32 Å². The molecule has 0 unspecified atom stereocenters. The molecule has 3 heterocycles. The average molecular weight is 422 g/mol. The molecule has 4 rings (SSSR count). The number of benzene rings is 1. The number of nitrogens with zero attached hydrogens (tertiary/aromatic N) is 2. The number of thiophene rings is 1. The first-order valence-electron chi connectivity index (χ1n) is 9.79. The third kappa shape index (κ3) is 4.13. The molecular weight excluding hydrogens is 398 g/mol. The van der Waals surface area contributed by atoms with Gasteiger partial charge in [0.05, 0.1) is 18.7 Å². The van der Waals surface area contributed by atoms with E-state index >= 15 is 0 Å². The Morgan fingerprint density at radius 1 is 1.20 bits per heavy atom. The molecule has 1 atom stereocenters. The average Bonchev–Trinajstić information content (AvgIpc) is 3.34. The number of nitrogens with one attached hydrogen (secondary N) is 1. The van der Waals surface area contributed by atoms with E-state index in [1.807, 2.05) is 23.6 Å². The quantitative estimate of drug-likeness (QED) is 0.688. The highest BCUT2D eigenvalue weighted by Gasteiger charge is 2.44. The zero-order chi connectivity index (χ0) is 21.0. The van der Waals surface area contributed by atoms with Gasteiger partial charge >= 0.3 is 0 Å². The van der Waals surface area contributed by atoms with Crippen molar-refractivity contribution in [1.29, 1.82) is 0 Å². The number of ether oxygens (including phenoxy) is 1. The van der Waals surface area contributed by atoms with Crippen LogP contribution in [0.15, 0.2) is 66.3 Å². The molecule has 2 aromatic heterocycles. The molecule has 7 heteroatoms. The molecule has 0 radical (unpaired) electrons. The molecule has 0 aliphatic carbocycles. The Bertz CT molecular complexity index is 1010. The number of rotatable bonds is 5. The standard InChI is InChI=1S/C23H23N3O3S/c1-24-22(28)23(14-17-6-8-18(9-7-17)20-5-3-13-30-20)16-26(11-12-29-23)21(27)19-4-2-10-25-15-19/h2-10,13,15H,11-12,14,16H2,1H3,(H,24,28)/t23-/m0/s1. The van der Waals surface area contributed by atoms with Crippen molar-refractivity contribution in [3.05, 3.63) is 77.4 Å². The molecule has 1 aliphatic rings. The van der Waals surface area contributed by atoms with Crippen molar-refractivity contribution in [2.75, 3.05) is 26.7 Å². The Hall–Kier alpha value is -3.03. The van der Waals surface area contributed by atoms with Crippen molar-refractivity contribution in [1.82, 2.24) is 15.2 Å². The number of amides is 2. The fraction of sp³-hybridized carbons (Fsp3) is 0.261. The van der Waals surface area contributed by atoms with Gasteiger partial charge in [-0.05, 0) is 34.7 Å². The number of carbonyl (C=O) groups excluding carboxylic acids is 2. The van der Waals surface area contributed by atoms with E-state index in [2.05, 4.69) is 28.5 Å². The summed E-state index contributed by atoms with van der Waals surface area (Å²) >= 11 is 1.69. The van der Waals surface area contributed by atoms with Crippen LogP contribution in [0.25, 0.3) is 10.4 Å². The lowest BCUT2D eigenvalue weighted by Gasteiger charge is -2.41. The maximum absolute atomic E-state index is 12.9. The highest BCUT2D eigenvalue weighted by atomic mass is 32.1. The molecule has 1 N–H and O–H groups in total. The minimum Gasteiger partial charge on any atom is -0.361 e. The number of aromatic nitrogens is 1. The van der Waals surface area contributed by atoms with E-state index in [1.54, 1.807) is 47.8 Å². The summed E-state index contributed by atoms with van der Waals surface area (Å²) in [6.07, 6.45) is 3.56. The molecule has 3 aromatic rings. The molecule has 2 amide bonds. The van der Waals surface area contributed by atoms with Crippen LogP contribution in [0.2, 0.25) is 0 Å². The van der Waals surface area contributed by atoms with E-state index < -0.39 is 5.60 Å². The largest absolute Gasteiger partial charge is 0.361 e. The van der Waals surface area contributed by atoms with Crippen LogP contribution in [0.4, 0.5) is 0 Å². The van der Waals surface area contributed by atoms with Crippen LogP contribution in [0.5, 0.6) is 0 Å². The zero-order valence-electron chi connectivity index (χ0n) is 16.7. The summed E-state index contributed by atoms with van der Waals surface area (Å²) in [7, 11) is 1.59. The van der Waals surface area contributed by atoms with Gasteiger partial charge in [-0.1, -0.05) is 30.3 Å². The van der Waals surface area contributed by atoms with Gasteiger partial charge < -0.3 is 15.0 Å². The summed E-state index contributed by atoms with van der Waals surface area (Å²) in [4.78, 5) is 32.7. The smallest absolute Gasteiger partial charge is 0.255 e. The summed E-state index contributed by atoms with van der Waals surface area (Å²) in [5.74, 6) is -0.374. The molecule has 0 spiro atoms. The molecule has 0 saturated carbocycles. The third-order valence-electron chi connectivity index (χ3n) is 5.27. The Labute approximate surface area is 179 Å². The van der Waals surface area contributed by atoms with Gasteiger partial charge in [0, 0.05) is 37.3 Å². The topological polar surface area (TPSA) is 71.5 Å². The number of hydrogen-bond acceptors (Lipinski definition) is 5. The predicted molar refractivity (Wildman–Crippen MR) is 116 cm³/mol. The van der Waals surface area contributed by atoms with Gasteiger partial charge in [0.1, 0.15) is 0 Å². The monoisotopic (exact) mass is 421 g/mol. The Kier molecular flexibility index (Phi) is 5.92. The number of hydrogen-bond donors (Lipinski definition) is 1. The SMILES string of the molecule is CNC(=O)[C@]1(Cc2ccc(-c3cccs3)cc2)CN(C(=O)c2cccnc2)CCO1. The van der Waals surface area contributed by atoms with Crippen molar-refractivity contribution in [3.8, 4) is 10.4 Å². The van der Waals surface area contributed by atoms with Crippen LogP contribution >= 0.6 is 11.3 Å². The highest BCUT2D eigenvalue weighted by molar-refractivity contribution is 7.13. The second-order valence-corrected chi connectivity index (χ2v) is 8.19. The number of pyridine rings is 1. The molecule has 1 fully saturated rings. The van der Waals surface area contributed by atoms with Gasteiger partial charge in [-0.3, -0.25) is 14.6 Å². The van der Waals surface area contributed by atoms with Gasteiger partial charge in [0.2, 0.25) is 0 Å². The second kappa shape index (κ2) is 8.77. The van der Waals surface area contributed by atoms with Crippen molar-refractivity contribution in [3.63, 3.8) is 0 Å². The zero-order valence-corrected chi connectivity index (χ0v) is 17.5. The number of carbonyl (C=O) groups is 2. The van der Waals surface area contributed by atoms with E-state index in [0.717, 1.165) is 11.1 Å². The number of likely N-dealkylation sites (N-methyl/N-ethyl adjacent to an activating group) is 1. The van der Waals surface area contributed by atoms with E-state index in [1.165, 1.54) is 4.88 Å². The highest BCUT2D eigenvalue weighted by Crippen LogP contribution is 2.28. The fourth-order valence-corrected chi connectivity index (χ4v) is 4.47. The molecule has 1 aliphatic heterocycles. The van der Waals surface area contributed by atoms with E-state index in [9.17, 15) is 9.59 Å². The molecular formula is C23H23N3O3S. The van der Waals surface area contributed by atoms with Crippen LogP contribution in [0.1, 0.15) is 15.9 Å². The van der Waals surface area contributed by atoms with E-state index in [4.69, 9.17) is 4.74 Å². The van der Waals surface area contributed by atoms with Crippen LogP contribution in [-0.2, 0) is 16.0 Å². The second-order valence-electron chi connectivity index (χ2n) is 7.24. The molecule has 1 saturated heterocycles. The van der Waals surface area contributed by atoms with Gasteiger partial charge in [-0.25, -0.2) is 0 Å². The first-order chi connectivity index (χ1) is 14.6. The predicted octanol–water partition coefficient (Wildman–Crippen LogP) is 3.01. The van der Waals surface area contributed by atoms with E-state index in [0.29, 0.717) is 25.1 Å². The van der Waals surface area contributed by atoms with E-state index in [-0.39, 0.29) is 18.4 Å². The van der Waals surface area contributed by atoms with Crippen molar-refractivity contribution < 1.29 is 14.3 Å². The molecule has 0 bridgehead atoms. The molecule has 6 nitrogen and oxygen atoms in total. The van der Waals surface area contributed by atoms with Gasteiger partial charge in [-0.15, -0.1) is 11.3 Å². The minimum absolute atomic E-state index is 0.146. The van der Waals surface area contributed by atoms with Gasteiger partial charge in [-0.2, -0.15) is 0 Å². The Morgan fingerprint density at radius 2 is 2.03 bits per heavy atom. The lowest BCUT2D eigenvalue weighted by Crippen LogP contribution is -2.61. The fourth-order valence-electron chi connectivity index (χ4n) is 3.74. The minimum atomic E-state index is -1.13. The van der Waals surface area contributed by atoms with Crippen LogP contribution in [0.3, 0.4) is 0 Å². The third-order valence-corrected chi connectivity index (χ3v) is 6.19. The maximum Gasteiger partial charge on any atom is 0.255 e. The molecule has 30 heavy (non-hydrogen) atoms. The van der Waals surface area contributed by atoms with Crippen LogP contribution in [-0.4, -0.2) is 54.0 Å². The van der Waals surface area contributed by atoms with Crippen molar-refractivity contribution in [2.24, 2.45) is 0 Å². The Balaban J connectivity index is 1.56. The molecule has 1 aromatic carbocycles. The molecule has 154 valence electrons. The number of morpholine rings is 1. The summed E-state index contributed by atoms with van der Waals surface area (Å²) in [6, 6.07) is 15.7. The lowest BCUT2D eigenvalue weighted by molar-refractivity contribution is -0.156. The maximum atomic E-state index is 12.9. The normalized spacial score (nSPS) is 18.8. The first kappa shape index (κ1) is 20.3. The summed E-state index contributed by atoms with van der Waals surface area (Å²) in [5, 5.41) is 4.77. The summed E-state index contributed by atoms with van der Waals surface area (Å²) < 4.78 is 6.02. The van der Waals surface area contributed by atoms with Gasteiger partial charge in [0.15, 0.2) is 5.60 Å². The van der Waals surface area contributed by atoms with Gasteiger partial charge in [0.25, 0.3) is 11.8 Å². The first-order valence-corrected chi connectivity index (χ1v) is 10.7.